The van der Waals surface area contributed by atoms with Crippen LogP contribution in [-0.2, 0) is 9.53 Å². The smallest absolute Gasteiger partial charge is 0.410 e. The first kappa shape index (κ1) is 19.4. The largest absolute Gasteiger partial charge is 0.490 e. The molecule has 0 atom stereocenters. The molecule has 0 bridgehead atoms. The number of aliphatic imine (C=N–C) groups is 1. The van der Waals surface area contributed by atoms with Crippen LogP contribution in [0.25, 0.3) is 0 Å². The summed E-state index contributed by atoms with van der Waals surface area (Å²) >= 11 is 0. The average molecular weight is 372 g/mol. The highest BCUT2D eigenvalue weighted by atomic mass is 16.6. The number of piperidine rings is 1. The zero-order chi connectivity index (χ0) is 19.4. The molecule has 0 saturated carbocycles. The molecule has 1 aromatic carbocycles. The standard InChI is InChI=1S/C21H28N2O4/c1-21(2,3)27-20(25)23-12-10-18(11-13-23)26-17-7-4-15(5-8-17)19-9-6-16(24)14-22-19/h4-5,7-8,18H,6,9-14H2,1-3H3. The summed E-state index contributed by atoms with van der Waals surface area (Å²) in [4.78, 5) is 29.5. The minimum absolute atomic E-state index is 0.0965. The fourth-order valence-electron chi connectivity index (χ4n) is 3.24. The lowest BCUT2D eigenvalue weighted by molar-refractivity contribution is -0.117. The molecule has 6 nitrogen and oxygen atoms in total. The molecule has 3 rings (SSSR count). The van der Waals surface area contributed by atoms with Gasteiger partial charge in [0.2, 0.25) is 0 Å². The van der Waals surface area contributed by atoms with Crippen molar-refractivity contribution in [3.8, 4) is 5.75 Å². The van der Waals surface area contributed by atoms with E-state index in [1.165, 1.54) is 0 Å². The van der Waals surface area contributed by atoms with Crippen molar-refractivity contribution < 1.29 is 19.1 Å². The number of carbonyl (C=O) groups is 2. The Kier molecular flexibility index (Phi) is 5.82. The highest BCUT2D eigenvalue weighted by Crippen LogP contribution is 2.22. The lowest BCUT2D eigenvalue weighted by Gasteiger charge is -2.33. The van der Waals surface area contributed by atoms with Crippen LogP contribution in [0.3, 0.4) is 0 Å². The van der Waals surface area contributed by atoms with E-state index in [1.54, 1.807) is 4.90 Å². The Bertz CT molecular complexity index is 711. The normalized spacial score (nSPS) is 18.9. The van der Waals surface area contributed by atoms with Crippen LogP contribution in [0, 0.1) is 0 Å². The predicted octanol–water partition coefficient (Wildman–Crippen LogP) is 3.62. The van der Waals surface area contributed by atoms with E-state index in [1.807, 2.05) is 45.0 Å². The predicted molar refractivity (Wildman–Crippen MR) is 104 cm³/mol. The van der Waals surface area contributed by atoms with Gasteiger partial charge >= 0.3 is 6.09 Å². The van der Waals surface area contributed by atoms with Crippen LogP contribution >= 0.6 is 0 Å². The van der Waals surface area contributed by atoms with Crippen LogP contribution in [0.15, 0.2) is 29.3 Å². The molecule has 0 spiro atoms. The Balaban J connectivity index is 1.49. The van der Waals surface area contributed by atoms with Gasteiger partial charge in [-0.1, -0.05) is 0 Å². The number of benzene rings is 1. The number of amides is 1. The van der Waals surface area contributed by atoms with E-state index in [-0.39, 0.29) is 18.0 Å². The van der Waals surface area contributed by atoms with Crippen LogP contribution < -0.4 is 4.74 Å². The minimum atomic E-state index is -0.470. The highest BCUT2D eigenvalue weighted by Gasteiger charge is 2.27. The third-order valence-electron chi connectivity index (χ3n) is 4.67. The fraction of sp³-hybridized carbons (Fsp3) is 0.571. The SMILES string of the molecule is CC(C)(C)OC(=O)N1CCC(Oc2ccc(C3=NCC(=O)CC3)cc2)CC1. The Labute approximate surface area is 160 Å². The summed E-state index contributed by atoms with van der Waals surface area (Å²) < 4.78 is 11.5. The van der Waals surface area contributed by atoms with Crippen LogP contribution in [-0.4, -0.2) is 53.8 Å². The van der Waals surface area contributed by atoms with Gasteiger partial charge in [-0.3, -0.25) is 9.79 Å². The summed E-state index contributed by atoms with van der Waals surface area (Å²) in [6.07, 6.45) is 2.71. The number of likely N-dealkylation sites (tertiary alicyclic amines) is 1. The number of hydrogen-bond donors (Lipinski definition) is 0. The Morgan fingerprint density at radius 2 is 1.78 bits per heavy atom. The van der Waals surface area contributed by atoms with Crippen molar-refractivity contribution in [1.29, 1.82) is 0 Å². The summed E-state index contributed by atoms with van der Waals surface area (Å²) in [5.41, 5.74) is 1.57. The van der Waals surface area contributed by atoms with Crippen molar-refractivity contribution in [3.63, 3.8) is 0 Å². The zero-order valence-corrected chi connectivity index (χ0v) is 16.4. The highest BCUT2D eigenvalue weighted by molar-refractivity contribution is 6.05. The van der Waals surface area contributed by atoms with E-state index >= 15 is 0 Å². The maximum absolute atomic E-state index is 12.1. The van der Waals surface area contributed by atoms with Crippen molar-refractivity contribution in [2.45, 2.75) is 58.2 Å². The van der Waals surface area contributed by atoms with Crippen LogP contribution in [0.1, 0.15) is 52.0 Å². The van der Waals surface area contributed by atoms with E-state index in [4.69, 9.17) is 9.47 Å². The molecule has 6 heteroatoms. The maximum atomic E-state index is 12.1. The third-order valence-corrected chi connectivity index (χ3v) is 4.67. The molecular weight excluding hydrogens is 344 g/mol. The van der Waals surface area contributed by atoms with Crippen LogP contribution in [0.4, 0.5) is 4.79 Å². The Morgan fingerprint density at radius 1 is 1.11 bits per heavy atom. The van der Waals surface area contributed by atoms with Crippen molar-refractivity contribution >= 4 is 17.6 Å². The van der Waals surface area contributed by atoms with Gasteiger partial charge in [-0.15, -0.1) is 0 Å². The lowest BCUT2D eigenvalue weighted by atomic mass is 10.0. The number of ether oxygens (including phenoxy) is 2. The van der Waals surface area contributed by atoms with Gasteiger partial charge in [-0.25, -0.2) is 4.79 Å². The maximum Gasteiger partial charge on any atom is 0.410 e. The van der Waals surface area contributed by atoms with Crippen molar-refractivity contribution in [2.24, 2.45) is 4.99 Å². The molecule has 0 aromatic heterocycles. The molecule has 1 aromatic rings. The quantitative estimate of drug-likeness (QED) is 0.813. The topological polar surface area (TPSA) is 68.2 Å². The molecule has 0 N–H and O–H groups in total. The lowest BCUT2D eigenvalue weighted by Crippen LogP contribution is -2.44. The van der Waals surface area contributed by atoms with E-state index in [0.29, 0.717) is 32.5 Å². The molecule has 1 amide bonds. The molecule has 146 valence electrons. The molecule has 27 heavy (non-hydrogen) atoms. The third kappa shape index (κ3) is 5.55. The zero-order valence-electron chi connectivity index (χ0n) is 16.4. The summed E-state index contributed by atoms with van der Waals surface area (Å²) in [6, 6.07) is 7.91. The fourth-order valence-corrected chi connectivity index (χ4v) is 3.24. The Hall–Kier alpha value is -2.37. The number of Topliss-reactive ketones (excluding diaryl/α,β-unsaturated/α-hetero) is 1. The summed E-state index contributed by atoms with van der Waals surface area (Å²) in [5.74, 6) is 1.03. The molecule has 2 heterocycles. The molecular formula is C21H28N2O4. The van der Waals surface area contributed by atoms with Crippen molar-refractivity contribution in [1.82, 2.24) is 4.90 Å². The molecule has 0 aliphatic carbocycles. The monoisotopic (exact) mass is 372 g/mol. The van der Waals surface area contributed by atoms with Gasteiger partial charge in [0.25, 0.3) is 0 Å². The second kappa shape index (κ2) is 8.11. The van der Waals surface area contributed by atoms with Crippen molar-refractivity contribution in [3.05, 3.63) is 29.8 Å². The van der Waals surface area contributed by atoms with E-state index in [0.717, 1.165) is 29.9 Å². The van der Waals surface area contributed by atoms with Gasteiger partial charge < -0.3 is 14.4 Å². The van der Waals surface area contributed by atoms with Crippen LogP contribution in [0.2, 0.25) is 0 Å². The first-order chi connectivity index (χ1) is 12.8. The van der Waals surface area contributed by atoms with E-state index in [2.05, 4.69) is 4.99 Å². The first-order valence-electron chi connectivity index (χ1n) is 9.60. The second-order valence-corrected chi connectivity index (χ2v) is 8.11. The number of rotatable bonds is 3. The second-order valence-electron chi connectivity index (χ2n) is 8.11. The van der Waals surface area contributed by atoms with Crippen LogP contribution in [0.5, 0.6) is 5.75 Å². The minimum Gasteiger partial charge on any atom is -0.490 e. The average Bonchev–Trinajstić information content (AvgIpc) is 2.62. The van der Waals surface area contributed by atoms with Crippen molar-refractivity contribution in [2.75, 3.05) is 19.6 Å². The van der Waals surface area contributed by atoms with E-state index < -0.39 is 5.60 Å². The number of hydrogen-bond acceptors (Lipinski definition) is 5. The molecule has 2 aliphatic rings. The molecule has 2 aliphatic heterocycles. The van der Waals surface area contributed by atoms with Gasteiger partial charge in [-0.2, -0.15) is 0 Å². The summed E-state index contributed by atoms with van der Waals surface area (Å²) in [5, 5.41) is 0. The Morgan fingerprint density at radius 3 is 2.33 bits per heavy atom. The first-order valence-corrected chi connectivity index (χ1v) is 9.60. The molecule has 1 saturated heterocycles. The van der Waals surface area contributed by atoms with Gasteiger partial charge in [0.15, 0.2) is 5.78 Å². The van der Waals surface area contributed by atoms with Gasteiger partial charge in [0, 0.05) is 38.1 Å². The molecule has 1 fully saturated rings. The number of carbonyl (C=O) groups excluding carboxylic acids is 2. The molecule has 0 unspecified atom stereocenters. The van der Waals surface area contributed by atoms with E-state index in [9.17, 15) is 9.59 Å². The van der Waals surface area contributed by atoms with Gasteiger partial charge in [-0.05, 0) is 57.0 Å². The van der Waals surface area contributed by atoms with Gasteiger partial charge in [0.05, 0.1) is 6.54 Å². The molecule has 0 radical (unpaired) electrons. The summed E-state index contributed by atoms with van der Waals surface area (Å²) in [7, 11) is 0. The summed E-state index contributed by atoms with van der Waals surface area (Å²) in [6.45, 7) is 7.21. The number of nitrogens with zero attached hydrogens (tertiary/aromatic N) is 2. The van der Waals surface area contributed by atoms with Gasteiger partial charge in [0.1, 0.15) is 17.5 Å². The number of ketones is 1.